The molecule has 0 aliphatic heterocycles. The Balaban J connectivity index is 2.73. The number of alkyl halides is 1. The lowest BCUT2D eigenvalue weighted by atomic mass is 9.91. The van der Waals surface area contributed by atoms with E-state index in [0.717, 1.165) is 24.6 Å². The molecule has 0 aliphatic carbocycles. The Hall–Kier alpha value is -0.390. The van der Waals surface area contributed by atoms with E-state index in [9.17, 15) is 8.42 Å². The zero-order valence-corrected chi connectivity index (χ0v) is 14.9. The van der Waals surface area contributed by atoms with Crippen molar-refractivity contribution in [3.63, 3.8) is 0 Å². The Morgan fingerprint density at radius 2 is 1.80 bits per heavy atom. The molecular weight excluding hydrogens is 338 g/mol. The molecule has 3 nitrogen and oxygen atoms in total. The minimum atomic E-state index is -3.41. The van der Waals surface area contributed by atoms with Crippen LogP contribution in [0, 0.1) is 5.41 Å². The summed E-state index contributed by atoms with van der Waals surface area (Å²) in [5.41, 5.74) is 1.12. The third-order valence-electron chi connectivity index (χ3n) is 3.28. The van der Waals surface area contributed by atoms with Gasteiger partial charge in [0, 0.05) is 11.9 Å². The fraction of sp³-hybridized carbons (Fsp3) is 0.600. The molecule has 0 saturated carbocycles. The molecule has 1 rings (SSSR count). The minimum absolute atomic E-state index is 0.0568. The van der Waals surface area contributed by atoms with Gasteiger partial charge in [-0.15, -0.1) is 0 Å². The van der Waals surface area contributed by atoms with Crippen molar-refractivity contribution in [2.45, 2.75) is 44.9 Å². The lowest BCUT2D eigenvalue weighted by Gasteiger charge is -2.23. The van der Waals surface area contributed by atoms with E-state index in [-0.39, 0.29) is 5.41 Å². The van der Waals surface area contributed by atoms with Crippen LogP contribution in [0.15, 0.2) is 29.2 Å². The molecule has 5 heteroatoms. The van der Waals surface area contributed by atoms with Gasteiger partial charge in [-0.2, -0.15) is 0 Å². The van der Waals surface area contributed by atoms with Crippen LogP contribution in [-0.2, 0) is 16.4 Å². The van der Waals surface area contributed by atoms with E-state index in [1.165, 1.54) is 5.56 Å². The van der Waals surface area contributed by atoms with Crippen LogP contribution in [0.25, 0.3) is 0 Å². The second kappa shape index (κ2) is 7.57. The van der Waals surface area contributed by atoms with Gasteiger partial charge in [-0.3, -0.25) is 0 Å². The van der Waals surface area contributed by atoms with Gasteiger partial charge in [0.05, 0.1) is 4.90 Å². The fourth-order valence-electron chi connectivity index (χ4n) is 1.84. The average molecular weight is 362 g/mol. The summed E-state index contributed by atoms with van der Waals surface area (Å²) in [5, 5.41) is 0.868. The van der Waals surface area contributed by atoms with Crippen LogP contribution in [0.3, 0.4) is 0 Å². The number of benzene rings is 1. The van der Waals surface area contributed by atoms with Crippen molar-refractivity contribution < 1.29 is 8.42 Å². The van der Waals surface area contributed by atoms with Crippen molar-refractivity contribution in [1.29, 1.82) is 0 Å². The summed E-state index contributed by atoms with van der Waals surface area (Å²) in [6.07, 6.45) is 2.96. The quantitative estimate of drug-likeness (QED) is 0.717. The minimum Gasteiger partial charge on any atom is -0.211 e. The summed E-state index contributed by atoms with van der Waals surface area (Å²) < 4.78 is 27.2. The lowest BCUT2D eigenvalue weighted by Crippen LogP contribution is -2.34. The van der Waals surface area contributed by atoms with E-state index in [0.29, 0.717) is 11.4 Å². The highest BCUT2D eigenvalue weighted by Gasteiger charge is 2.21. The molecule has 0 amide bonds. The highest BCUT2D eigenvalue weighted by atomic mass is 79.9. The molecule has 0 heterocycles. The van der Waals surface area contributed by atoms with Gasteiger partial charge in [-0.25, -0.2) is 13.1 Å². The van der Waals surface area contributed by atoms with Crippen molar-refractivity contribution in [2.75, 3.05) is 11.9 Å². The smallest absolute Gasteiger partial charge is 0.211 e. The highest BCUT2D eigenvalue weighted by Crippen LogP contribution is 2.21. The molecule has 20 heavy (non-hydrogen) atoms. The lowest BCUT2D eigenvalue weighted by molar-refractivity contribution is 0.354. The molecule has 1 aromatic carbocycles. The predicted octanol–water partition coefficient (Wildman–Crippen LogP) is 3.73. The fourth-order valence-corrected chi connectivity index (χ4v) is 4.16. The standard InChI is InChI=1S/C15H24BrNO2S/c1-4-5-13-6-8-14(9-7-13)20(18,19)17-12-15(2,3)10-11-16/h6-9,17H,4-5,10-12H2,1-3H3. The van der Waals surface area contributed by atoms with Crippen LogP contribution in [0.5, 0.6) is 0 Å². The van der Waals surface area contributed by atoms with Crippen LogP contribution in [-0.4, -0.2) is 20.3 Å². The maximum atomic E-state index is 12.2. The molecule has 0 spiro atoms. The molecule has 0 radical (unpaired) electrons. The second-order valence-electron chi connectivity index (χ2n) is 5.82. The number of rotatable bonds is 8. The van der Waals surface area contributed by atoms with Gasteiger partial charge in [0.2, 0.25) is 10.0 Å². The van der Waals surface area contributed by atoms with Crippen LogP contribution in [0.1, 0.15) is 39.2 Å². The number of hydrogen-bond donors (Lipinski definition) is 1. The summed E-state index contributed by atoms with van der Waals surface area (Å²) in [6, 6.07) is 7.15. The molecule has 0 unspecified atom stereocenters. The van der Waals surface area contributed by atoms with Gasteiger partial charge >= 0.3 is 0 Å². The van der Waals surface area contributed by atoms with E-state index in [1.54, 1.807) is 12.1 Å². The third kappa shape index (κ3) is 5.54. The maximum absolute atomic E-state index is 12.2. The molecule has 0 fully saturated rings. The Kier molecular flexibility index (Phi) is 6.69. The van der Waals surface area contributed by atoms with Crippen LogP contribution in [0.4, 0.5) is 0 Å². The molecule has 1 aromatic rings. The second-order valence-corrected chi connectivity index (χ2v) is 8.38. The summed E-state index contributed by atoms with van der Waals surface area (Å²) in [6.45, 7) is 6.66. The third-order valence-corrected chi connectivity index (χ3v) is 5.10. The molecule has 114 valence electrons. The van der Waals surface area contributed by atoms with Crippen molar-refractivity contribution in [3.8, 4) is 0 Å². The van der Waals surface area contributed by atoms with E-state index in [4.69, 9.17) is 0 Å². The van der Waals surface area contributed by atoms with Gasteiger partial charge in [0.1, 0.15) is 0 Å². The van der Waals surface area contributed by atoms with Crippen LogP contribution < -0.4 is 4.72 Å². The van der Waals surface area contributed by atoms with Gasteiger partial charge in [-0.05, 0) is 36.0 Å². The van der Waals surface area contributed by atoms with Crippen molar-refractivity contribution in [2.24, 2.45) is 5.41 Å². The Morgan fingerprint density at radius 3 is 2.30 bits per heavy atom. The molecule has 0 aromatic heterocycles. The molecule has 0 bridgehead atoms. The highest BCUT2D eigenvalue weighted by molar-refractivity contribution is 9.09. The normalized spacial score (nSPS) is 12.6. The zero-order valence-electron chi connectivity index (χ0n) is 12.4. The van der Waals surface area contributed by atoms with Gasteiger partial charge < -0.3 is 0 Å². The first-order chi connectivity index (χ1) is 9.30. The first kappa shape index (κ1) is 17.7. The van der Waals surface area contributed by atoms with E-state index < -0.39 is 10.0 Å². The van der Waals surface area contributed by atoms with E-state index in [2.05, 4.69) is 41.4 Å². The number of halogens is 1. The van der Waals surface area contributed by atoms with Crippen LogP contribution in [0.2, 0.25) is 0 Å². The number of nitrogens with one attached hydrogen (secondary N) is 1. The maximum Gasteiger partial charge on any atom is 0.240 e. The predicted molar refractivity (Wildman–Crippen MR) is 87.8 cm³/mol. The van der Waals surface area contributed by atoms with Crippen molar-refractivity contribution in [3.05, 3.63) is 29.8 Å². The topological polar surface area (TPSA) is 46.2 Å². The van der Waals surface area contributed by atoms with Crippen molar-refractivity contribution >= 4 is 26.0 Å². The van der Waals surface area contributed by atoms with E-state index in [1.807, 2.05) is 12.1 Å². The van der Waals surface area contributed by atoms with E-state index >= 15 is 0 Å². The number of hydrogen-bond acceptors (Lipinski definition) is 2. The zero-order chi connectivity index (χ0) is 15.2. The first-order valence-electron chi connectivity index (χ1n) is 6.95. The molecule has 0 aliphatic rings. The molecular formula is C15H24BrNO2S. The average Bonchev–Trinajstić information content (AvgIpc) is 2.38. The van der Waals surface area contributed by atoms with Gasteiger partial charge in [-0.1, -0.05) is 55.3 Å². The Labute approximate surface area is 131 Å². The summed E-state index contributed by atoms with van der Waals surface area (Å²) in [5.74, 6) is 0. The van der Waals surface area contributed by atoms with Crippen molar-refractivity contribution in [1.82, 2.24) is 4.72 Å². The van der Waals surface area contributed by atoms with Gasteiger partial charge in [0.15, 0.2) is 0 Å². The van der Waals surface area contributed by atoms with Crippen LogP contribution >= 0.6 is 15.9 Å². The first-order valence-corrected chi connectivity index (χ1v) is 9.56. The number of sulfonamides is 1. The monoisotopic (exact) mass is 361 g/mol. The molecule has 0 atom stereocenters. The number of aryl methyl sites for hydroxylation is 1. The van der Waals surface area contributed by atoms with Gasteiger partial charge in [0.25, 0.3) is 0 Å². The summed E-state index contributed by atoms with van der Waals surface area (Å²) >= 11 is 3.40. The Morgan fingerprint density at radius 1 is 1.20 bits per heavy atom. The Bertz CT molecular complexity index is 509. The summed E-state index contributed by atoms with van der Waals surface area (Å²) in [4.78, 5) is 0.340. The largest absolute Gasteiger partial charge is 0.240 e. The molecule has 1 N–H and O–H groups in total. The summed E-state index contributed by atoms with van der Waals surface area (Å²) in [7, 11) is -3.41. The molecule has 0 saturated heterocycles. The SMILES string of the molecule is CCCc1ccc(S(=O)(=O)NCC(C)(C)CCBr)cc1.